The molecule has 8 N–H and O–H groups in total. The first kappa shape index (κ1) is 36.6. The van der Waals surface area contributed by atoms with Crippen molar-refractivity contribution in [3.8, 4) is 0 Å². The maximum absolute atomic E-state index is 12.8. The summed E-state index contributed by atoms with van der Waals surface area (Å²) < 4.78 is 26.4. The van der Waals surface area contributed by atoms with Crippen LogP contribution in [0.2, 0.25) is 0 Å². The van der Waals surface area contributed by atoms with Crippen LogP contribution >= 0.6 is 0 Å². The molecule has 0 rings (SSSR count). The van der Waals surface area contributed by atoms with Crippen LogP contribution in [0.1, 0.15) is 33.1 Å². The third kappa shape index (κ3) is 20.2. The van der Waals surface area contributed by atoms with Gasteiger partial charge in [0.15, 0.2) is 0 Å². The number of nitrogens with two attached hydrogens (primary N) is 2. The van der Waals surface area contributed by atoms with Crippen LogP contribution in [-0.2, 0) is 42.9 Å². The summed E-state index contributed by atoms with van der Waals surface area (Å²) in [5, 5.41) is 7.94. The highest BCUT2D eigenvalue weighted by Crippen LogP contribution is 2.06. The Morgan fingerprint density at radius 1 is 0.692 bits per heavy atom. The van der Waals surface area contributed by atoms with Crippen molar-refractivity contribution in [2.45, 2.75) is 45.2 Å². The normalized spacial score (nSPS) is 12.6. The number of rotatable bonds is 25. The van der Waals surface area contributed by atoms with Gasteiger partial charge in [0.25, 0.3) is 5.91 Å². The van der Waals surface area contributed by atoms with Crippen LogP contribution in [0.25, 0.3) is 0 Å². The molecule has 39 heavy (non-hydrogen) atoms. The first-order valence-corrected chi connectivity index (χ1v) is 13.2. The summed E-state index contributed by atoms with van der Waals surface area (Å²) in [6.45, 7) is 6.30. The van der Waals surface area contributed by atoms with Gasteiger partial charge in [-0.3, -0.25) is 24.6 Å². The Morgan fingerprint density at radius 3 is 1.62 bits per heavy atom. The summed E-state index contributed by atoms with van der Waals surface area (Å²) in [5.74, 6) is 3.14. The lowest BCUT2D eigenvalue weighted by Crippen LogP contribution is -2.55. The van der Waals surface area contributed by atoms with Crippen molar-refractivity contribution >= 4 is 23.6 Å². The topological polar surface area (TPSA) is 215 Å². The number of carbonyl (C=O) groups is 4. The molecular weight excluding hydrogens is 516 g/mol. The molecular formula is C24H48N6O9. The molecule has 0 spiro atoms. The lowest BCUT2D eigenvalue weighted by Gasteiger charge is -2.25. The van der Waals surface area contributed by atoms with Crippen LogP contribution in [-0.4, -0.2) is 115 Å². The van der Waals surface area contributed by atoms with Gasteiger partial charge < -0.3 is 45.4 Å². The molecule has 2 atom stereocenters. The number of carbonyl (C=O) groups excluding carboxylic acids is 4. The minimum atomic E-state index is -0.815. The minimum absolute atomic E-state index is 0.116. The highest BCUT2D eigenvalue weighted by atomic mass is 16.6. The molecule has 15 nitrogen and oxygen atoms in total. The fourth-order valence-electron chi connectivity index (χ4n) is 3.10. The molecule has 228 valence electrons. The predicted molar refractivity (Wildman–Crippen MR) is 142 cm³/mol. The lowest BCUT2D eigenvalue weighted by molar-refractivity contribution is -0.134. The van der Waals surface area contributed by atoms with Crippen LogP contribution in [0.15, 0.2) is 0 Å². The quantitative estimate of drug-likeness (QED) is 0.0296. The number of hydrazine groups is 1. The number of likely N-dealkylation sites (N-methyl/N-ethyl adjacent to an activating group) is 1. The van der Waals surface area contributed by atoms with Crippen LogP contribution in [0, 0.1) is 5.92 Å². The Hall–Kier alpha value is -2.40. The molecule has 0 saturated carbocycles. The van der Waals surface area contributed by atoms with E-state index >= 15 is 0 Å². The molecule has 0 aromatic rings. The van der Waals surface area contributed by atoms with Crippen LogP contribution in [0.5, 0.6) is 0 Å². The monoisotopic (exact) mass is 564 g/mol. The number of unbranched alkanes of at least 4 members (excludes halogenated alkanes) is 1. The van der Waals surface area contributed by atoms with E-state index in [2.05, 4.69) is 16.0 Å². The smallest absolute Gasteiger partial charge is 0.259 e. The molecule has 15 heteroatoms. The Bertz CT molecular complexity index is 684. The number of ether oxygens (including phenoxy) is 5. The molecule has 0 aromatic carbocycles. The standard InChI is InChI=1S/C24H48N6O9/c1-18(2)22(24(34)28-19(23(33)27-3)6-4-5-7-25)29-20(31)16-38-14-12-36-10-8-35-9-11-37-13-15-39-17-21(32)30-26/h18-19,22H,4-17,25-26H2,1-3H3,(H,27,33)(H,28,34)(H,29,31)(H,30,32)/t19-,22-/m0/s1. The fraction of sp³-hybridized carbons (Fsp3) is 0.833. The zero-order chi connectivity index (χ0) is 29.3. The van der Waals surface area contributed by atoms with Gasteiger partial charge in [-0.2, -0.15) is 0 Å². The highest BCUT2D eigenvalue weighted by molar-refractivity contribution is 5.92. The Labute approximate surface area is 230 Å². The maximum atomic E-state index is 12.8. The van der Waals surface area contributed by atoms with E-state index in [1.807, 2.05) is 5.43 Å². The summed E-state index contributed by atoms with van der Waals surface area (Å²) in [5.41, 5.74) is 7.47. The van der Waals surface area contributed by atoms with Crippen LogP contribution < -0.4 is 33.0 Å². The predicted octanol–water partition coefficient (Wildman–Crippen LogP) is -2.44. The summed E-state index contributed by atoms with van der Waals surface area (Å²) in [6, 6.07) is -1.51. The Balaban J connectivity index is 3.98. The summed E-state index contributed by atoms with van der Waals surface area (Å²) in [6.07, 6.45) is 1.89. The van der Waals surface area contributed by atoms with Gasteiger partial charge in [0.1, 0.15) is 25.3 Å². The number of amides is 4. The number of hydrogen-bond donors (Lipinski definition) is 6. The average molecular weight is 565 g/mol. The van der Waals surface area contributed by atoms with E-state index in [0.29, 0.717) is 52.4 Å². The second-order valence-electron chi connectivity index (χ2n) is 8.76. The molecule has 0 aliphatic heterocycles. The zero-order valence-corrected chi connectivity index (χ0v) is 23.5. The molecule has 0 aliphatic rings. The first-order valence-electron chi connectivity index (χ1n) is 13.2. The van der Waals surface area contributed by atoms with E-state index in [0.717, 1.165) is 6.42 Å². The summed E-state index contributed by atoms with van der Waals surface area (Å²) >= 11 is 0. The van der Waals surface area contributed by atoms with E-state index in [1.54, 1.807) is 13.8 Å². The van der Waals surface area contributed by atoms with Crippen molar-refractivity contribution in [3.63, 3.8) is 0 Å². The molecule has 4 amide bonds. The van der Waals surface area contributed by atoms with Gasteiger partial charge in [-0.05, 0) is 31.7 Å². The minimum Gasteiger partial charge on any atom is -0.377 e. The molecule has 0 aromatic heterocycles. The van der Waals surface area contributed by atoms with E-state index < -0.39 is 29.8 Å². The van der Waals surface area contributed by atoms with Crippen molar-refractivity contribution < 1.29 is 42.9 Å². The molecule has 0 saturated heterocycles. The molecule has 0 heterocycles. The van der Waals surface area contributed by atoms with Gasteiger partial charge in [0.05, 0.1) is 52.9 Å². The average Bonchev–Trinajstić information content (AvgIpc) is 2.92. The molecule has 0 bridgehead atoms. The van der Waals surface area contributed by atoms with Crippen molar-refractivity contribution in [2.24, 2.45) is 17.5 Å². The SMILES string of the molecule is CNC(=O)[C@H](CCCCN)NC(=O)[C@@H](NC(=O)COCCOCCOCCOCCOCC(=O)NN)C(C)C. The summed E-state index contributed by atoms with van der Waals surface area (Å²) in [7, 11) is 1.51. The zero-order valence-electron chi connectivity index (χ0n) is 23.5. The van der Waals surface area contributed by atoms with Gasteiger partial charge in [-0.1, -0.05) is 13.8 Å². The van der Waals surface area contributed by atoms with E-state index in [1.165, 1.54) is 7.05 Å². The Morgan fingerprint density at radius 2 is 1.18 bits per heavy atom. The van der Waals surface area contributed by atoms with Gasteiger partial charge in [-0.25, -0.2) is 5.84 Å². The van der Waals surface area contributed by atoms with E-state index in [4.69, 9.17) is 35.3 Å². The molecule has 0 fully saturated rings. The van der Waals surface area contributed by atoms with Crippen LogP contribution in [0.3, 0.4) is 0 Å². The largest absolute Gasteiger partial charge is 0.377 e. The van der Waals surface area contributed by atoms with Gasteiger partial charge >= 0.3 is 0 Å². The molecule has 0 radical (unpaired) electrons. The number of nitrogens with one attached hydrogen (secondary N) is 4. The summed E-state index contributed by atoms with van der Waals surface area (Å²) in [4.78, 5) is 48.1. The highest BCUT2D eigenvalue weighted by Gasteiger charge is 2.28. The fourth-order valence-corrected chi connectivity index (χ4v) is 3.10. The molecule has 0 unspecified atom stereocenters. The van der Waals surface area contributed by atoms with E-state index in [-0.39, 0.29) is 44.9 Å². The first-order chi connectivity index (χ1) is 18.8. The van der Waals surface area contributed by atoms with Crippen molar-refractivity contribution in [2.75, 3.05) is 79.7 Å². The Kier molecular flexibility index (Phi) is 23.1. The third-order valence-electron chi connectivity index (χ3n) is 5.21. The van der Waals surface area contributed by atoms with Crippen molar-refractivity contribution in [1.29, 1.82) is 0 Å². The van der Waals surface area contributed by atoms with E-state index in [9.17, 15) is 19.2 Å². The maximum Gasteiger partial charge on any atom is 0.259 e. The van der Waals surface area contributed by atoms with Crippen LogP contribution in [0.4, 0.5) is 0 Å². The molecule has 0 aliphatic carbocycles. The second kappa shape index (κ2) is 24.6. The number of hydrogen-bond acceptors (Lipinski definition) is 11. The third-order valence-corrected chi connectivity index (χ3v) is 5.21. The second-order valence-corrected chi connectivity index (χ2v) is 8.76. The lowest BCUT2D eigenvalue weighted by atomic mass is 10.0. The van der Waals surface area contributed by atoms with Gasteiger partial charge in [0.2, 0.25) is 17.7 Å². The van der Waals surface area contributed by atoms with Crippen molar-refractivity contribution in [1.82, 2.24) is 21.4 Å². The van der Waals surface area contributed by atoms with Gasteiger partial charge in [-0.15, -0.1) is 0 Å². The van der Waals surface area contributed by atoms with Gasteiger partial charge in [0, 0.05) is 7.05 Å². The van der Waals surface area contributed by atoms with Crippen molar-refractivity contribution in [3.05, 3.63) is 0 Å².